The van der Waals surface area contributed by atoms with E-state index in [9.17, 15) is 16.8 Å². The van der Waals surface area contributed by atoms with Crippen molar-refractivity contribution in [2.24, 2.45) is 0 Å². The molecule has 0 spiro atoms. The zero-order valence-corrected chi connectivity index (χ0v) is 22.9. The van der Waals surface area contributed by atoms with Crippen molar-refractivity contribution < 1.29 is 94.0 Å². The number of aliphatic carboxylic acids is 1. The van der Waals surface area contributed by atoms with E-state index in [0.29, 0.717) is 12.0 Å². The second-order valence-corrected chi connectivity index (χ2v) is 4.97. The van der Waals surface area contributed by atoms with Gasteiger partial charge in [-0.1, -0.05) is 0 Å². The Morgan fingerprint density at radius 3 is 1.18 bits per heavy atom. The van der Waals surface area contributed by atoms with Gasteiger partial charge in [0, 0.05) is 6.92 Å². The summed E-state index contributed by atoms with van der Waals surface area (Å²) >= 11 is 0. The molecule has 0 unspecified atom stereocenters. The Balaban J connectivity index is -0.0000000407. The maximum absolute atomic E-state index is 9.50. The molecule has 0 rings (SSSR count). The third kappa shape index (κ3) is 334. The van der Waals surface area contributed by atoms with Gasteiger partial charge in [-0.05, 0) is 0 Å². The monoisotopic (exact) mass is 617 g/mol. The summed E-state index contributed by atoms with van der Waals surface area (Å²) in [6.45, 7) is 2.33. The smallest absolute Gasteiger partial charge is 0.481 e. The number of hydrogen-bond acceptors (Lipinski definition) is 5. The summed E-state index contributed by atoms with van der Waals surface area (Å²) in [5, 5.41) is 7.42. The van der Waals surface area contributed by atoms with Gasteiger partial charge in [0.15, 0.2) is 0 Å². The fourth-order valence-corrected chi connectivity index (χ4v) is 0. The van der Waals surface area contributed by atoms with Crippen molar-refractivity contribution in [2.45, 2.75) is 13.8 Å². The first-order valence-electron chi connectivity index (χ1n) is 3.18. The minimum Gasteiger partial charge on any atom is -0.481 e. The van der Waals surface area contributed by atoms with Crippen molar-refractivity contribution in [3.63, 3.8) is 0 Å². The van der Waals surface area contributed by atoms with Gasteiger partial charge in [-0.15, -0.1) is 0 Å². The third-order valence-electron chi connectivity index (χ3n) is 0.298. The van der Waals surface area contributed by atoms with Crippen LogP contribution in [-0.4, -0.2) is 43.3 Å². The molecule has 0 aromatic heterocycles. The molecule has 0 aromatic carbocycles. The predicted molar refractivity (Wildman–Crippen MR) is 52.3 cm³/mol. The van der Waals surface area contributed by atoms with Gasteiger partial charge >= 0.3 is 58.2 Å². The number of hydrogen-bond donors (Lipinski definition) is 3. The maximum atomic E-state index is 9.50. The zero-order valence-electron chi connectivity index (χ0n) is 9.98. The molecular weight excluding hydrogens is 605 g/mol. The summed E-state index contributed by atoms with van der Waals surface area (Å²) in [7, 11) is -7.45. The summed E-state index contributed by atoms with van der Waals surface area (Å²) in [5.41, 5.74) is 0. The first-order chi connectivity index (χ1) is 6.29. The molecule has 8 nitrogen and oxygen atoms in total. The van der Waals surface area contributed by atoms with Gasteiger partial charge in [0.1, 0.15) is 10.1 Å². The molecule has 0 heterocycles. The van der Waals surface area contributed by atoms with E-state index in [1.165, 1.54) is 6.92 Å². The Kier molecular flexibility index (Phi) is 25.2. The molecule has 0 amide bonds. The van der Waals surface area contributed by atoms with Gasteiger partial charge in [0.25, 0.3) is 16.1 Å². The summed E-state index contributed by atoms with van der Waals surface area (Å²) < 4.78 is 52.6. The van der Waals surface area contributed by atoms with E-state index in [1.807, 2.05) is 0 Å². The minimum atomic E-state index is -3.79. The SMILES string of the molecule is CC(=O)O.CS(=O)(=O)O.C[CH-]S(=O)(=O)O.[Rb+].[Rf]. The molecule has 0 aliphatic heterocycles. The minimum absolute atomic E-state index is 0. The van der Waals surface area contributed by atoms with Crippen LogP contribution >= 0.6 is 0 Å². The Bertz CT molecular complexity index is 349. The van der Waals surface area contributed by atoms with E-state index in [0.717, 1.165) is 6.92 Å². The van der Waals surface area contributed by atoms with Crippen molar-refractivity contribution >= 4 is 26.2 Å². The van der Waals surface area contributed by atoms with E-state index < -0.39 is 26.2 Å². The van der Waals surface area contributed by atoms with E-state index >= 15 is 0 Å². The molecule has 12 heteroatoms. The van der Waals surface area contributed by atoms with Gasteiger partial charge in [-0.25, -0.2) is 8.42 Å². The molecule has 0 bridgehead atoms. The number of carboxylic acid groups (broad SMARTS) is 1. The van der Waals surface area contributed by atoms with Crippen LogP contribution in [0.4, 0.5) is 0 Å². The third-order valence-corrected chi connectivity index (χ3v) is 0.894. The van der Waals surface area contributed by atoms with Crippen molar-refractivity contribution in [3.05, 3.63) is 5.75 Å². The molecule has 0 aliphatic carbocycles. The fourth-order valence-electron chi connectivity index (χ4n) is 0. The molecule has 96 valence electrons. The summed E-state index contributed by atoms with van der Waals surface area (Å²) in [4.78, 5) is 9.00. The topological polar surface area (TPSA) is 146 Å². The first kappa shape index (κ1) is 30.3. The largest absolute Gasteiger partial charge is 1.00 e. The van der Waals surface area contributed by atoms with Crippen molar-refractivity contribution in [1.82, 2.24) is 0 Å². The molecule has 0 aromatic rings. The molecule has 0 atom stereocenters. The quantitative estimate of drug-likeness (QED) is 0.205. The maximum Gasteiger partial charge on any atom is 1.00 e. The Morgan fingerprint density at radius 2 is 1.18 bits per heavy atom. The summed E-state index contributed by atoms with van der Waals surface area (Å²) in [6, 6.07) is 0. The molecule has 0 radical (unpaired) electrons. The molecule has 0 saturated carbocycles. The van der Waals surface area contributed by atoms with Crippen molar-refractivity contribution in [1.29, 1.82) is 0 Å². The Hall–Kier alpha value is 0.0952. The van der Waals surface area contributed by atoms with Gasteiger partial charge in [-0.2, -0.15) is 21.1 Å². The molecule has 3 N–H and O–H groups in total. The second kappa shape index (κ2) is 14.2. The summed E-state index contributed by atoms with van der Waals surface area (Å²) in [5.74, 6) is -0.118. The van der Waals surface area contributed by atoms with Crippen LogP contribution in [0.25, 0.3) is 0 Å². The molecule has 0 aliphatic rings. The van der Waals surface area contributed by atoms with Crippen LogP contribution in [0, 0.1) is 5.75 Å². The Labute approximate surface area is 144 Å². The van der Waals surface area contributed by atoms with Crippen LogP contribution in [0.5, 0.6) is 0 Å². The van der Waals surface area contributed by atoms with Crippen molar-refractivity contribution in [3.8, 4) is 0 Å². The van der Waals surface area contributed by atoms with E-state index in [1.54, 1.807) is 0 Å². The second-order valence-electron chi connectivity index (χ2n) is 2.00. The van der Waals surface area contributed by atoms with Gasteiger partial charge in [-0.3, -0.25) is 9.35 Å². The van der Waals surface area contributed by atoms with E-state index in [-0.39, 0.29) is 58.2 Å². The molecule has 0 fully saturated rings. The predicted octanol–water partition coefficient (Wildman–Crippen LogP) is -3.35. The summed E-state index contributed by atoms with van der Waals surface area (Å²) in [6.07, 6.45) is 0.715. The average molecular weight is 618 g/mol. The zero-order chi connectivity index (χ0) is 13.3. The first-order valence-corrected chi connectivity index (χ1v) is 6.53. The number of carboxylic acids is 1. The number of carbonyl (C=O) groups is 1. The average Bonchev–Trinajstić information content (AvgIpc) is 1.80. The Morgan fingerprint density at radius 1 is 1.12 bits per heavy atom. The van der Waals surface area contributed by atoms with Crippen molar-refractivity contribution in [2.75, 3.05) is 6.26 Å². The van der Waals surface area contributed by atoms with Crippen LogP contribution in [0.3, 0.4) is 0 Å². The standard InChI is InChI=1S/C2H5O3S.C2H4O2.CH4O3S.Rb.Rf/c1-2-6(3,4)5;1-2(3)4;1-5(2,3)4;;/h2H,1H3,(H,3,4,5);1H3,(H,3,4);1H3,(H,2,3,4);;/q-1;;;+1;. The van der Waals surface area contributed by atoms with Gasteiger partial charge in [0.05, 0.1) is 6.26 Å². The van der Waals surface area contributed by atoms with Crippen LogP contribution in [0.1, 0.15) is 13.8 Å². The molecule has 17 heavy (non-hydrogen) atoms. The molecular formula is C5H13O8RbRfS2. The number of rotatable bonds is 1. The van der Waals surface area contributed by atoms with E-state index in [2.05, 4.69) is 0 Å². The van der Waals surface area contributed by atoms with E-state index in [4.69, 9.17) is 19.0 Å². The molecule has 0 saturated heterocycles. The van der Waals surface area contributed by atoms with Crippen LogP contribution in [0.15, 0.2) is 0 Å². The normalized spacial score (nSPS) is 9.00. The fraction of sp³-hybridized carbons (Fsp3) is 0.600. The van der Waals surface area contributed by atoms with Gasteiger partial charge in [0.2, 0.25) is 0 Å². The van der Waals surface area contributed by atoms with Crippen LogP contribution in [-0.2, 0) is 25.0 Å². The van der Waals surface area contributed by atoms with Gasteiger partial charge < -0.3 is 9.66 Å². The van der Waals surface area contributed by atoms with Crippen LogP contribution < -0.4 is 58.2 Å². The van der Waals surface area contributed by atoms with Crippen LogP contribution in [0.2, 0.25) is 0 Å².